The van der Waals surface area contributed by atoms with E-state index in [2.05, 4.69) is 21.2 Å². The lowest BCUT2D eigenvalue weighted by Gasteiger charge is -2.13. The first-order valence-corrected chi connectivity index (χ1v) is 12.0. The molecule has 3 aromatic carbocycles. The molecule has 0 bridgehead atoms. The number of amides is 3. The van der Waals surface area contributed by atoms with Crippen LogP contribution in [-0.2, 0) is 14.4 Å². The molecule has 3 amide bonds. The van der Waals surface area contributed by atoms with Crippen LogP contribution in [0.3, 0.4) is 0 Å². The summed E-state index contributed by atoms with van der Waals surface area (Å²) < 4.78 is 24.8. The van der Waals surface area contributed by atoms with Crippen LogP contribution < -0.4 is 25.5 Å². The van der Waals surface area contributed by atoms with Crippen molar-refractivity contribution in [2.75, 3.05) is 23.8 Å². The maximum Gasteiger partial charge on any atom is 0.262 e. The second kappa shape index (κ2) is 14.3. The molecular formula is C27H26ClFN4O5. The molecule has 0 atom stereocenters. The largest absolute Gasteiger partial charge is 0.490 e. The zero-order valence-electron chi connectivity index (χ0n) is 20.5. The van der Waals surface area contributed by atoms with E-state index in [1.54, 1.807) is 55.5 Å². The fourth-order valence-electron chi connectivity index (χ4n) is 3.12. The van der Waals surface area contributed by atoms with Crippen molar-refractivity contribution in [2.24, 2.45) is 5.10 Å². The zero-order chi connectivity index (χ0) is 27.3. The monoisotopic (exact) mass is 540 g/mol. The third-order valence-electron chi connectivity index (χ3n) is 4.90. The summed E-state index contributed by atoms with van der Waals surface area (Å²) in [5.41, 5.74) is 3.48. The number of nitrogens with zero attached hydrogens (tertiary/aromatic N) is 1. The number of halogens is 2. The summed E-state index contributed by atoms with van der Waals surface area (Å²) in [6, 6.07) is 17.5. The number of hydrazone groups is 1. The highest BCUT2D eigenvalue weighted by molar-refractivity contribution is 6.33. The molecule has 11 heteroatoms. The van der Waals surface area contributed by atoms with Gasteiger partial charge in [0, 0.05) is 12.8 Å². The maximum absolute atomic E-state index is 13.7. The molecule has 0 saturated heterocycles. The summed E-state index contributed by atoms with van der Waals surface area (Å²) in [5.74, 6) is -1.21. The number of carbonyl (C=O) groups is 3. The number of nitrogens with one attached hydrogen (secondary N) is 3. The molecule has 0 spiro atoms. The van der Waals surface area contributed by atoms with Crippen molar-refractivity contribution in [2.45, 2.75) is 19.8 Å². The molecule has 9 nitrogen and oxygen atoms in total. The maximum atomic E-state index is 13.7. The SMILES string of the molecule is CCOc1cc(C=NNC(=O)CCC(=O)Nc2ccccc2Cl)ccc1OCC(=O)Nc1ccccc1F. The summed E-state index contributed by atoms with van der Waals surface area (Å²) in [6.45, 7) is 1.77. The molecule has 38 heavy (non-hydrogen) atoms. The number of hydrogen-bond acceptors (Lipinski definition) is 6. The first kappa shape index (κ1) is 28.1. The Morgan fingerprint density at radius 2 is 1.55 bits per heavy atom. The molecule has 3 aromatic rings. The first-order chi connectivity index (χ1) is 18.4. The van der Waals surface area contributed by atoms with Gasteiger partial charge in [-0.15, -0.1) is 0 Å². The number of benzene rings is 3. The van der Waals surface area contributed by atoms with Crippen LogP contribution in [0.4, 0.5) is 15.8 Å². The number of para-hydroxylation sites is 2. The lowest BCUT2D eigenvalue weighted by molar-refractivity contribution is -0.124. The summed E-state index contributed by atoms with van der Waals surface area (Å²) in [7, 11) is 0. The van der Waals surface area contributed by atoms with Gasteiger partial charge in [0.05, 0.1) is 29.2 Å². The van der Waals surface area contributed by atoms with Crippen LogP contribution in [-0.4, -0.2) is 37.1 Å². The van der Waals surface area contributed by atoms with Gasteiger partial charge >= 0.3 is 0 Å². The van der Waals surface area contributed by atoms with E-state index in [4.69, 9.17) is 21.1 Å². The van der Waals surface area contributed by atoms with Gasteiger partial charge in [0.15, 0.2) is 18.1 Å². The van der Waals surface area contributed by atoms with Crippen LogP contribution in [0, 0.1) is 5.82 Å². The number of anilines is 2. The molecule has 3 N–H and O–H groups in total. The lowest BCUT2D eigenvalue weighted by atomic mass is 10.2. The topological polar surface area (TPSA) is 118 Å². The van der Waals surface area contributed by atoms with E-state index in [9.17, 15) is 18.8 Å². The normalized spacial score (nSPS) is 10.6. The average molecular weight is 541 g/mol. The predicted molar refractivity (Wildman–Crippen MR) is 143 cm³/mol. The van der Waals surface area contributed by atoms with E-state index in [0.29, 0.717) is 34.4 Å². The molecule has 3 rings (SSSR count). The summed E-state index contributed by atoms with van der Waals surface area (Å²) >= 11 is 6.00. The fraction of sp³-hybridized carbons (Fsp3) is 0.185. The molecule has 0 aromatic heterocycles. The Bertz CT molecular complexity index is 1320. The van der Waals surface area contributed by atoms with E-state index in [0.717, 1.165) is 0 Å². The van der Waals surface area contributed by atoms with Gasteiger partial charge in [0.1, 0.15) is 5.82 Å². The van der Waals surface area contributed by atoms with E-state index >= 15 is 0 Å². The van der Waals surface area contributed by atoms with Gasteiger partial charge in [-0.25, -0.2) is 9.82 Å². The molecule has 0 heterocycles. The van der Waals surface area contributed by atoms with Crippen LogP contribution in [0.15, 0.2) is 71.8 Å². The lowest BCUT2D eigenvalue weighted by Crippen LogP contribution is -2.21. The Kier molecular flexibility index (Phi) is 10.6. The van der Waals surface area contributed by atoms with Crippen LogP contribution in [0.2, 0.25) is 5.02 Å². The van der Waals surface area contributed by atoms with Crippen molar-refractivity contribution in [1.82, 2.24) is 5.43 Å². The Morgan fingerprint density at radius 1 is 0.868 bits per heavy atom. The summed E-state index contributed by atoms with van der Waals surface area (Å²) in [5, 5.41) is 9.40. The van der Waals surface area contributed by atoms with Crippen LogP contribution in [0.5, 0.6) is 11.5 Å². The van der Waals surface area contributed by atoms with Crippen molar-refractivity contribution in [1.29, 1.82) is 0 Å². The quantitative estimate of drug-likeness (QED) is 0.226. The number of rotatable bonds is 12. The number of ether oxygens (including phenoxy) is 2. The molecule has 0 aliphatic rings. The van der Waals surface area contributed by atoms with Crippen molar-refractivity contribution in [3.63, 3.8) is 0 Å². The van der Waals surface area contributed by atoms with Gasteiger partial charge in [-0.05, 0) is 55.0 Å². The molecular weight excluding hydrogens is 515 g/mol. The molecule has 0 saturated carbocycles. The van der Waals surface area contributed by atoms with Gasteiger partial charge < -0.3 is 20.1 Å². The van der Waals surface area contributed by atoms with Crippen LogP contribution in [0.1, 0.15) is 25.3 Å². The molecule has 0 fully saturated rings. The van der Waals surface area contributed by atoms with Gasteiger partial charge in [0.2, 0.25) is 11.8 Å². The molecule has 0 aliphatic carbocycles. The number of carbonyl (C=O) groups excluding carboxylic acids is 3. The van der Waals surface area contributed by atoms with Crippen molar-refractivity contribution in [3.05, 3.63) is 83.1 Å². The smallest absolute Gasteiger partial charge is 0.262 e. The first-order valence-electron chi connectivity index (χ1n) is 11.7. The minimum absolute atomic E-state index is 0.0441. The molecule has 0 aliphatic heterocycles. The highest BCUT2D eigenvalue weighted by atomic mass is 35.5. The summed E-state index contributed by atoms with van der Waals surface area (Å²) in [6.07, 6.45) is 1.29. The Labute approximate surface area is 224 Å². The predicted octanol–water partition coefficient (Wildman–Crippen LogP) is 4.76. The highest BCUT2D eigenvalue weighted by Crippen LogP contribution is 2.28. The van der Waals surface area contributed by atoms with Crippen molar-refractivity contribution in [3.8, 4) is 11.5 Å². The minimum Gasteiger partial charge on any atom is -0.490 e. The standard InChI is InChI=1S/C27H26ClFN4O5/c1-2-37-24-15-18(11-12-23(24)38-17-27(36)32-22-10-6-4-8-20(22)29)16-30-33-26(35)14-13-25(34)31-21-9-5-3-7-19(21)28/h3-12,15-16H,2,13-14,17H2,1H3,(H,31,34)(H,32,36)(H,33,35). The van der Waals surface area contributed by atoms with Gasteiger partial charge in [-0.2, -0.15) is 5.10 Å². The number of hydrogen-bond donors (Lipinski definition) is 3. The Hall–Kier alpha value is -4.44. The average Bonchev–Trinajstić information content (AvgIpc) is 2.90. The van der Waals surface area contributed by atoms with E-state index < -0.39 is 17.6 Å². The van der Waals surface area contributed by atoms with Gasteiger partial charge in [-0.1, -0.05) is 35.9 Å². The highest BCUT2D eigenvalue weighted by Gasteiger charge is 2.11. The Balaban J connectivity index is 1.48. The van der Waals surface area contributed by atoms with Gasteiger partial charge in [0.25, 0.3) is 5.91 Å². The molecule has 198 valence electrons. The van der Waals surface area contributed by atoms with E-state index in [-0.39, 0.29) is 31.0 Å². The van der Waals surface area contributed by atoms with Crippen LogP contribution in [0.25, 0.3) is 0 Å². The van der Waals surface area contributed by atoms with E-state index in [1.807, 2.05) is 0 Å². The van der Waals surface area contributed by atoms with Crippen molar-refractivity contribution >= 4 is 46.9 Å². The fourth-order valence-corrected chi connectivity index (χ4v) is 3.30. The summed E-state index contributed by atoms with van der Waals surface area (Å²) in [4.78, 5) is 36.2. The van der Waals surface area contributed by atoms with E-state index in [1.165, 1.54) is 24.4 Å². The molecule has 0 unspecified atom stereocenters. The molecule has 0 radical (unpaired) electrons. The Morgan fingerprint density at radius 3 is 2.29 bits per heavy atom. The van der Waals surface area contributed by atoms with Crippen molar-refractivity contribution < 1.29 is 28.2 Å². The third-order valence-corrected chi connectivity index (χ3v) is 5.23. The van der Waals surface area contributed by atoms with Crippen LogP contribution >= 0.6 is 11.6 Å². The van der Waals surface area contributed by atoms with Gasteiger partial charge in [-0.3, -0.25) is 14.4 Å². The second-order valence-corrected chi connectivity index (χ2v) is 8.18. The minimum atomic E-state index is -0.549. The second-order valence-electron chi connectivity index (χ2n) is 7.78. The third kappa shape index (κ3) is 8.90. The zero-order valence-corrected chi connectivity index (χ0v) is 21.3.